The molecule has 1 aliphatic heterocycles. The van der Waals surface area contributed by atoms with E-state index >= 15 is 0 Å². The quantitative estimate of drug-likeness (QED) is 0.199. The van der Waals surface area contributed by atoms with E-state index in [1.54, 1.807) is 0 Å². The molecule has 1 N–H and O–H groups in total. The maximum absolute atomic E-state index is 6.75. The Morgan fingerprint density at radius 2 is 1.15 bits per heavy atom. The first-order valence-electron chi connectivity index (χ1n) is 17.6. The van der Waals surface area contributed by atoms with Gasteiger partial charge in [0, 0.05) is 43.8 Å². The molecule has 1 unspecified atom stereocenters. The second-order valence-corrected chi connectivity index (χ2v) is 13.9. The first kappa shape index (κ1) is 30.0. The summed E-state index contributed by atoms with van der Waals surface area (Å²) in [6.45, 7) is 0. The number of hydrogen-bond acceptors (Lipinski definition) is 5. The van der Waals surface area contributed by atoms with Crippen LogP contribution in [0.5, 0.6) is 0 Å². The Labute approximate surface area is 308 Å². The van der Waals surface area contributed by atoms with E-state index in [1.165, 1.54) is 5.39 Å². The van der Waals surface area contributed by atoms with Crippen LogP contribution in [0.25, 0.3) is 76.5 Å². The highest BCUT2D eigenvalue weighted by Crippen LogP contribution is 2.43. The lowest BCUT2D eigenvalue weighted by molar-refractivity contribution is 0.667. The van der Waals surface area contributed by atoms with E-state index in [1.807, 2.05) is 48.5 Å². The minimum atomic E-state index is -0.541. The van der Waals surface area contributed by atoms with Crippen molar-refractivity contribution in [2.24, 2.45) is 9.98 Å². The number of aliphatic imine (C=N–C) groups is 2. The van der Waals surface area contributed by atoms with Gasteiger partial charge in [0.15, 0.2) is 6.17 Å². The van der Waals surface area contributed by atoms with Gasteiger partial charge in [0.1, 0.15) is 34.0 Å². The highest BCUT2D eigenvalue weighted by Gasteiger charge is 2.25. The lowest BCUT2D eigenvalue weighted by Crippen LogP contribution is -2.36. The van der Waals surface area contributed by atoms with E-state index < -0.39 is 6.17 Å². The second-order valence-electron chi connectivity index (χ2n) is 13.5. The van der Waals surface area contributed by atoms with Crippen LogP contribution in [0.4, 0.5) is 0 Å². The number of furan rings is 2. The molecule has 5 nitrogen and oxygen atoms in total. The van der Waals surface area contributed by atoms with Crippen LogP contribution in [0.2, 0.25) is 5.02 Å². The minimum Gasteiger partial charge on any atom is -0.456 e. The number of para-hydroxylation sites is 3. The van der Waals surface area contributed by atoms with Gasteiger partial charge in [0.2, 0.25) is 0 Å². The number of benzene rings is 8. The van der Waals surface area contributed by atoms with Crippen molar-refractivity contribution in [3.63, 3.8) is 0 Å². The summed E-state index contributed by atoms with van der Waals surface area (Å²) in [5, 5.41) is 12.9. The van der Waals surface area contributed by atoms with E-state index in [0.717, 1.165) is 93.7 Å². The van der Waals surface area contributed by atoms with Crippen molar-refractivity contribution < 1.29 is 8.83 Å². The number of hydrogen-bond donors (Lipinski definition) is 1. The van der Waals surface area contributed by atoms with Gasteiger partial charge < -0.3 is 14.2 Å². The first-order chi connectivity index (χ1) is 26.2. The number of rotatable bonds is 4. The van der Waals surface area contributed by atoms with Gasteiger partial charge in [-0.3, -0.25) is 0 Å². The Morgan fingerprint density at radius 3 is 2.04 bits per heavy atom. The number of nitrogens with one attached hydrogen (secondary N) is 1. The molecule has 8 aromatic carbocycles. The lowest BCUT2D eigenvalue weighted by Gasteiger charge is -2.23. The molecule has 0 aliphatic carbocycles. The van der Waals surface area contributed by atoms with Gasteiger partial charge in [-0.2, -0.15) is 0 Å². The molecule has 250 valence electrons. The molecule has 0 saturated carbocycles. The highest BCUT2D eigenvalue weighted by atomic mass is 35.5. The zero-order valence-electron chi connectivity index (χ0n) is 28.2. The van der Waals surface area contributed by atoms with Gasteiger partial charge in [0.25, 0.3) is 0 Å². The van der Waals surface area contributed by atoms with E-state index in [9.17, 15) is 0 Å². The zero-order chi connectivity index (χ0) is 35.0. The molecule has 6 heteroatoms. The summed E-state index contributed by atoms with van der Waals surface area (Å²) in [6, 6.07) is 54.1. The third kappa shape index (κ3) is 4.78. The van der Waals surface area contributed by atoms with E-state index in [0.29, 0.717) is 10.9 Å². The second kappa shape index (κ2) is 11.7. The summed E-state index contributed by atoms with van der Waals surface area (Å²) in [6.07, 6.45) is -0.541. The normalized spacial score (nSPS) is 14.7. The topological polar surface area (TPSA) is 63.0 Å². The van der Waals surface area contributed by atoms with Crippen molar-refractivity contribution in [2.75, 3.05) is 0 Å². The molecule has 0 spiro atoms. The van der Waals surface area contributed by atoms with E-state index in [4.69, 9.17) is 30.4 Å². The lowest BCUT2D eigenvalue weighted by atomic mass is 9.92. The maximum Gasteiger partial charge on any atom is 0.170 e. The minimum absolute atomic E-state index is 0.541. The monoisotopic (exact) mass is 701 g/mol. The Bertz CT molecular complexity index is 3190. The third-order valence-electron chi connectivity index (χ3n) is 10.4. The van der Waals surface area contributed by atoms with Crippen LogP contribution in [-0.4, -0.2) is 11.7 Å². The summed E-state index contributed by atoms with van der Waals surface area (Å²) in [5.41, 5.74) is 8.16. The van der Waals surface area contributed by atoms with E-state index in [2.05, 4.69) is 115 Å². The molecule has 0 fully saturated rings. The average Bonchev–Trinajstić information content (AvgIpc) is 3.78. The molecule has 1 atom stereocenters. The molecule has 3 heterocycles. The Kier molecular flexibility index (Phi) is 6.60. The highest BCUT2D eigenvalue weighted by molar-refractivity contribution is 6.32. The van der Waals surface area contributed by atoms with Gasteiger partial charge in [-0.1, -0.05) is 133 Å². The van der Waals surface area contributed by atoms with Crippen LogP contribution >= 0.6 is 11.6 Å². The molecule has 0 bridgehead atoms. The fraction of sp³-hybridized carbons (Fsp3) is 0.0213. The zero-order valence-corrected chi connectivity index (χ0v) is 28.9. The maximum atomic E-state index is 6.75. The van der Waals surface area contributed by atoms with Crippen molar-refractivity contribution in [2.45, 2.75) is 6.17 Å². The Hall–Kier alpha value is -6.69. The summed E-state index contributed by atoms with van der Waals surface area (Å²) in [4.78, 5) is 10.7. The molecular formula is C47H28ClN3O2. The fourth-order valence-corrected chi connectivity index (χ4v) is 8.18. The van der Waals surface area contributed by atoms with Crippen LogP contribution < -0.4 is 5.32 Å². The number of halogens is 1. The smallest absolute Gasteiger partial charge is 0.170 e. The summed E-state index contributed by atoms with van der Waals surface area (Å²) >= 11 is 6.75. The van der Waals surface area contributed by atoms with Gasteiger partial charge in [0.05, 0.1) is 5.56 Å². The molecule has 10 aromatic rings. The van der Waals surface area contributed by atoms with Gasteiger partial charge in [-0.25, -0.2) is 9.98 Å². The molecule has 0 amide bonds. The van der Waals surface area contributed by atoms with Crippen molar-refractivity contribution >= 4 is 88.7 Å². The fourth-order valence-electron chi connectivity index (χ4n) is 7.97. The first-order valence-corrected chi connectivity index (χ1v) is 18.0. The van der Waals surface area contributed by atoms with Crippen molar-refractivity contribution in [3.8, 4) is 11.1 Å². The molecule has 0 saturated heterocycles. The van der Waals surface area contributed by atoms with Crippen molar-refractivity contribution in [3.05, 3.63) is 179 Å². The molecule has 53 heavy (non-hydrogen) atoms. The predicted molar refractivity (Wildman–Crippen MR) is 218 cm³/mol. The van der Waals surface area contributed by atoms with Crippen LogP contribution in [0.1, 0.15) is 22.9 Å². The molecule has 0 radical (unpaired) electrons. The Morgan fingerprint density at radius 1 is 0.472 bits per heavy atom. The SMILES string of the molecule is Clc1cc(-c2cccc3c(C4N=C(c5ccc6ccccc6c5)NC(c5cccc6c5oc5ccccc56)=N4)cccc23)c2c(c1)oc1ccccc12. The summed E-state index contributed by atoms with van der Waals surface area (Å²) in [5.74, 6) is 1.45. The molecule has 11 rings (SSSR count). The van der Waals surface area contributed by atoms with Crippen LogP contribution in [-0.2, 0) is 0 Å². The van der Waals surface area contributed by atoms with Gasteiger partial charge >= 0.3 is 0 Å². The van der Waals surface area contributed by atoms with E-state index in [-0.39, 0.29) is 0 Å². The Balaban J connectivity index is 1.13. The standard InChI is InChI=1S/C47H28ClN3O2/c48-30-25-39(43-37-13-4-6-21-41(37)52-42(43)26-30)33-16-7-15-32-31(33)14-8-18-36(32)46-49-45(29-23-22-27-10-1-2-11-28(27)24-29)50-47(51-46)38-19-9-17-35-34-12-3-5-20-40(34)53-44(35)38/h1-26,46H,(H,49,50,51). The van der Waals surface area contributed by atoms with Gasteiger partial charge in [-0.15, -0.1) is 0 Å². The summed E-state index contributed by atoms with van der Waals surface area (Å²) in [7, 11) is 0. The third-order valence-corrected chi connectivity index (χ3v) is 10.6. The van der Waals surface area contributed by atoms with Crippen LogP contribution in [0, 0.1) is 0 Å². The number of fused-ring (bicyclic) bond motifs is 8. The summed E-state index contributed by atoms with van der Waals surface area (Å²) < 4.78 is 12.8. The number of nitrogens with zero attached hydrogens (tertiary/aromatic N) is 2. The van der Waals surface area contributed by atoms with Crippen molar-refractivity contribution in [1.82, 2.24) is 5.32 Å². The van der Waals surface area contributed by atoms with Crippen LogP contribution in [0.15, 0.2) is 177 Å². The van der Waals surface area contributed by atoms with Crippen LogP contribution in [0.3, 0.4) is 0 Å². The predicted octanol–water partition coefficient (Wildman–Crippen LogP) is 12.6. The molecular weight excluding hydrogens is 674 g/mol. The van der Waals surface area contributed by atoms with Crippen molar-refractivity contribution in [1.29, 1.82) is 0 Å². The number of amidine groups is 2. The molecule has 2 aromatic heterocycles. The van der Waals surface area contributed by atoms with Gasteiger partial charge in [-0.05, 0) is 63.0 Å². The largest absolute Gasteiger partial charge is 0.456 e. The average molecular weight is 702 g/mol. The molecule has 1 aliphatic rings.